The summed E-state index contributed by atoms with van der Waals surface area (Å²) in [4.78, 5) is 18.4. The number of quaternary nitrogens is 1. The molecule has 2 heterocycles. The van der Waals surface area contributed by atoms with E-state index in [0.717, 1.165) is 38.3 Å². The summed E-state index contributed by atoms with van der Waals surface area (Å²) in [6.07, 6.45) is 1.38. The molecule has 0 aliphatic carbocycles. The zero-order valence-electron chi connectivity index (χ0n) is 16.8. The molecule has 2 aliphatic rings. The van der Waals surface area contributed by atoms with Crippen molar-refractivity contribution >= 4 is 21.4 Å². The number of anilines is 1. The lowest BCUT2D eigenvalue weighted by molar-refractivity contribution is -0.892. The van der Waals surface area contributed by atoms with Crippen LogP contribution in [0.4, 0.5) is 5.69 Å². The first-order valence-electron chi connectivity index (χ1n) is 10.2. The minimum atomic E-state index is -3.01. The Labute approximate surface area is 167 Å². The number of rotatable bonds is 6. The standard InChI is InChI=1S/C20H31N3O4S/c1-3-16(2)23(18-8-13-28(26,27)15-18)20(25)14-21-9-11-22(12-10-21)17-4-6-19(24)7-5-17/h4-7,16,18,24H,3,8-15H2,1-2H3/p+1/t16-,18+/m0/s1. The Bertz CT molecular complexity index is 773. The Hall–Kier alpha value is -1.80. The van der Waals surface area contributed by atoms with Gasteiger partial charge in [0.25, 0.3) is 5.91 Å². The molecule has 0 unspecified atom stereocenters. The van der Waals surface area contributed by atoms with Gasteiger partial charge in [0.1, 0.15) is 5.75 Å². The van der Waals surface area contributed by atoms with Gasteiger partial charge in [-0.25, -0.2) is 8.42 Å². The molecule has 3 rings (SSSR count). The third-order valence-corrected chi connectivity index (χ3v) is 7.79. The number of aromatic hydroxyl groups is 1. The molecule has 0 spiro atoms. The first-order chi connectivity index (χ1) is 13.3. The number of benzene rings is 1. The Morgan fingerprint density at radius 1 is 1.29 bits per heavy atom. The fourth-order valence-electron chi connectivity index (χ4n) is 4.23. The highest BCUT2D eigenvalue weighted by atomic mass is 32.2. The Balaban J connectivity index is 1.58. The molecule has 0 aromatic heterocycles. The van der Waals surface area contributed by atoms with Crippen LogP contribution in [0.1, 0.15) is 26.7 Å². The van der Waals surface area contributed by atoms with Gasteiger partial charge in [-0.3, -0.25) is 4.79 Å². The van der Waals surface area contributed by atoms with E-state index < -0.39 is 9.84 Å². The van der Waals surface area contributed by atoms with E-state index in [2.05, 4.69) is 4.90 Å². The van der Waals surface area contributed by atoms with Crippen LogP contribution in [0.2, 0.25) is 0 Å². The van der Waals surface area contributed by atoms with Crippen LogP contribution < -0.4 is 9.80 Å². The van der Waals surface area contributed by atoms with Crippen molar-refractivity contribution in [3.63, 3.8) is 0 Å². The van der Waals surface area contributed by atoms with Crippen molar-refractivity contribution in [1.29, 1.82) is 0 Å². The summed E-state index contributed by atoms with van der Waals surface area (Å²) in [6.45, 7) is 7.92. The lowest BCUT2D eigenvalue weighted by Crippen LogP contribution is -3.16. The molecule has 2 aliphatic heterocycles. The molecule has 0 saturated carbocycles. The minimum absolute atomic E-state index is 0.0588. The van der Waals surface area contributed by atoms with E-state index >= 15 is 0 Å². The van der Waals surface area contributed by atoms with Crippen molar-refractivity contribution in [2.75, 3.05) is 49.1 Å². The first kappa shape index (κ1) is 20.9. The number of hydrogen-bond acceptors (Lipinski definition) is 5. The average Bonchev–Trinajstić information content (AvgIpc) is 3.02. The molecule has 0 bridgehead atoms. The van der Waals surface area contributed by atoms with Crippen LogP contribution in [0.5, 0.6) is 5.75 Å². The SMILES string of the molecule is CC[C@H](C)N(C(=O)C[NH+]1CCN(c2ccc(O)cc2)CC1)[C@@H]1CCS(=O)(=O)C1. The summed E-state index contributed by atoms with van der Waals surface area (Å²) < 4.78 is 23.8. The summed E-state index contributed by atoms with van der Waals surface area (Å²) >= 11 is 0. The van der Waals surface area contributed by atoms with Gasteiger partial charge in [-0.05, 0) is 44.0 Å². The van der Waals surface area contributed by atoms with E-state index in [1.54, 1.807) is 12.1 Å². The topological polar surface area (TPSA) is 82.4 Å². The molecule has 1 aromatic rings. The Kier molecular flexibility index (Phi) is 6.50. The van der Waals surface area contributed by atoms with Crippen molar-refractivity contribution in [3.05, 3.63) is 24.3 Å². The molecule has 8 heteroatoms. The molecule has 2 N–H and O–H groups in total. The number of carbonyl (C=O) groups excluding carboxylic acids is 1. The normalized spacial score (nSPS) is 23.5. The zero-order chi connectivity index (χ0) is 20.3. The molecular formula is C20H32N3O4S+. The molecule has 1 aromatic carbocycles. The van der Waals surface area contributed by atoms with E-state index in [0.29, 0.717) is 13.0 Å². The number of phenolic OH excluding ortho intramolecular Hbond substituents is 1. The second-order valence-electron chi connectivity index (χ2n) is 8.05. The van der Waals surface area contributed by atoms with Crippen molar-refractivity contribution in [1.82, 2.24) is 4.90 Å². The van der Waals surface area contributed by atoms with Gasteiger partial charge < -0.3 is 19.8 Å². The smallest absolute Gasteiger partial charge is 0.278 e. The number of nitrogens with zero attached hydrogens (tertiary/aromatic N) is 2. The second kappa shape index (κ2) is 8.69. The number of piperazine rings is 1. The predicted molar refractivity (Wildman–Crippen MR) is 110 cm³/mol. The van der Waals surface area contributed by atoms with E-state index in [4.69, 9.17) is 0 Å². The number of carbonyl (C=O) groups is 1. The highest BCUT2D eigenvalue weighted by molar-refractivity contribution is 7.91. The summed E-state index contributed by atoms with van der Waals surface area (Å²) in [7, 11) is -3.01. The van der Waals surface area contributed by atoms with Crippen molar-refractivity contribution < 1.29 is 23.2 Å². The summed E-state index contributed by atoms with van der Waals surface area (Å²) in [5.74, 6) is 0.630. The maximum atomic E-state index is 13.1. The van der Waals surface area contributed by atoms with Gasteiger partial charge in [0.15, 0.2) is 16.4 Å². The fourth-order valence-corrected chi connectivity index (χ4v) is 5.94. The lowest BCUT2D eigenvalue weighted by atomic mass is 10.1. The van der Waals surface area contributed by atoms with E-state index in [1.807, 2.05) is 30.9 Å². The number of amides is 1. The van der Waals surface area contributed by atoms with Gasteiger partial charge in [0.05, 0.1) is 37.7 Å². The van der Waals surface area contributed by atoms with Gasteiger partial charge in [0.2, 0.25) is 0 Å². The van der Waals surface area contributed by atoms with Crippen LogP contribution in [0.3, 0.4) is 0 Å². The van der Waals surface area contributed by atoms with E-state index in [-0.39, 0.29) is 35.2 Å². The quantitative estimate of drug-likeness (QED) is 0.685. The Morgan fingerprint density at radius 2 is 1.93 bits per heavy atom. The van der Waals surface area contributed by atoms with Gasteiger partial charge >= 0.3 is 0 Å². The third kappa shape index (κ3) is 4.97. The van der Waals surface area contributed by atoms with Crippen molar-refractivity contribution in [3.8, 4) is 5.75 Å². The number of phenols is 1. The van der Waals surface area contributed by atoms with Crippen LogP contribution in [0.25, 0.3) is 0 Å². The van der Waals surface area contributed by atoms with Gasteiger partial charge in [0, 0.05) is 17.8 Å². The van der Waals surface area contributed by atoms with E-state index in [9.17, 15) is 18.3 Å². The van der Waals surface area contributed by atoms with Crippen LogP contribution >= 0.6 is 0 Å². The number of hydrogen-bond donors (Lipinski definition) is 2. The average molecular weight is 411 g/mol. The molecular weight excluding hydrogens is 378 g/mol. The third-order valence-electron chi connectivity index (χ3n) is 6.04. The fraction of sp³-hybridized carbons (Fsp3) is 0.650. The molecule has 28 heavy (non-hydrogen) atoms. The van der Waals surface area contributed by atoms with E-state index in [1.165, 1.54) is 4.90 Å². The molecule has 1 amide bonds. The van der Waals surface area contributed by atoms with Gasteiger partial charge in [-0.1, -0.05) is 6.92 Å². The largest absolute Gasteiger partial charge is 0.508 e. The van der Waals surface area contributed by atoms with Gasteiger partial charge in [-0.2, -0.15) is 0 Å². The monoisotopic (exact) mass is 410 g/mol. The molecule has 7 nitrogen and oxygen atoms in total. The molecule has 0 radical (unpaired) electrons. The number of nitrogens with one attached hydrogen (secondary N) is 1. The van der Waals surface area contributed by atoms with Gasteiger partial charge in [-0.15, -0.1) is 0 Å². The summed E-state index contributed by atoms with van der Waals surface area (Å²) in [5.41, 5.74) is 1.08. The zero-order valence-corrected chi connectivity index (χ0v) is 17.6. The van der Waals surface area contributed by atoms with Crippen LogP contribution in [0.15, 0.2) is 24.3 Å². The van der Waals surface area contributed by atoms with Crippen molar-refractivity contribution in [2.24, 2.45) is 0 Å². The van der Waals surface area contributed by atoms with Crippen LogP contribution in [0, 0.1) is 0 Å². The molecule has 2 fully saturated rings. The maximum absolute atomic E-state index is 13.1. The summed E-state index contributed by atoms with van der Waals surface area (Å²) in [6, 6.07) is 7.09. The lowest BCUT2D eigenvalue weighted by Gasteiger charge is -2.37. The molecule has 2 atom stereocenters. The number of sulfone groups is 1. The van der Waals surface area contributed by atoms with Crippen LogP contribution in [-0.4, -0.2) is 80.6 Å². The highest BCUT2D eigenvalue weighted by Crippen LogP contribution is 2.21. The molecule has 2 saturated heterocycles. The van der Waals surface area contributed by atoms with Crippen molar-refractivity contribution in [2.45, 2.75) is 38.8 Å². The van der Waals surface area contributed by atoms with Crippen LogP contribution in [-0.2, 0) is 14.6 Å². The predicted octanol–water partition coefficient (Wildman–Crippen LogP) is -0.0887. The minimum Gasteiger partial charge on any atom is -0.508 e. The second-order valence-corrected chi connectivity index (χ2v) is 10.3. The highest BCUT2D eigenvalue weighted by Gasteiger charge is 2.37. The summed E-state index contributed by atoms with van der Waals surface area (Å²) in [5, 5.41) is 9.43. The maximum Gasteiger partial charge on any atom is 0.278 e. The Morgan fingerprint density at radius 3 is 2.46 bits per heavy atom. The first-order valence-corrected chi connectivity index (χ1v) is 12.0. The molecule has 156 valence electrons.